The van der Waals surface area contributed by atoms with Gasteiger partial charge in [0.2, 0.25) is 0 Å². The van der Waals surface area contributed by atoms with Crippen LogP contribution in [0.2, 0.25) is 0 Å². The molecule has 0 aliphatic rings. The number of benzene rings is 1. The zero-order valence-electron chi connectivity index (χ0n) is 10.4. The van der Waals surface area contributed by atoms with Crippen molar-refractivity contribution in [2.75, 3.05) is 13.7 Å². The quantitative estimate of drug-likeness (QED) is 0.919. The molecule has 0 aliphatic carbocycles. The molecule has 1 aromatic heterocycles. The lowest BCUT2D eigenvalue weighted by atomic mass is 10.2. The molecule has 0 saturated heterocycles. The molecule has 0 bridgehead atoms. The number of carbonyl (C=O) groups excluding carboxylic acids is 1. The van der Waals surface area contributed by atoms with Gasteiger partial charge < -0.3 is 14.5 Å². The molecule has 0 aliphatic heterocycles. The average Bonchev–Trinajstić information content (AvgIpc) is 2.93. The number of halogens is 1. The standard InChI is InChI=1S/C14H14BrNO3/c1-18-13(12-6-3-7-19-12)9-16-14(17)10-4-2-5-11(15)8-10/h2-8,13H,9H2,1H3,(H,16,17)/t13-/m1/s1. The first-order valence-electron chi connectivity index (χ1n) is 5.80. The molecule has 0 radical (unpaired) electrons. The summed E-state index contributed by atoms with van der Waals surface area (Å²) < 4.78 is 11.4. The van der Waals surface area contributed by atoms with E-state index in [4.69, 9.17) is 9.15 Å². The van der Waals surface area contributed by atoms with Crippen molar-refractivity contribution in [3.63, 3.8) is 0 Å². The predicted molar refractivity (Wildman–Crippen MR) is 74.9 cm³/mol. The number of hydrogen-bond donors (Lipinski definition) is 1. The van der Waals surface area contributed by atoms with E-state index >= 15 is 0 Å². The van der Waals surface area contributed by atoms with E-state index in [1.807, 2.05) is 18.2 Å². The van der Waals surface area contributed by atoms with Gasteiger partial charge in [0.1, 0.15) is 11.9 Å². The summed E-state index contributed by atoms with van der Waals surface area (Å²) in [6.07, 6.45) is 1.29. The summed E-state index contributed by atoms with van der Waals surface area (Å²) in [6, 6.07) is 10.8. The van der Waals surface area contributed by atoms with Crippen LogP contribution in [0.4, 0.5) is 0 Å². The van der Waals surface area contributed by atoms with Crippen LogP contribution in [0.25, 0.3) is 0 Å². The van der Waals surface area contributed by atoms with Crippen molar-refractivity contribution in [3.05, 3.63) is 58.5 Å². The lowest BCUT2D eigenvalue weighted by Crippen LogP contribution is -2.29. The van der Waals surface area contributed by atoms with E-state index in [0.29, 0.717) is 17.9 Å². The van der Waals surface area contributed by atoms with Crippen LogP contribution in [0, 0.1) is 0 Å². The fourth-order valence-corrected chi connectivity index (χ4v) is 2.09. The summed E-state index contributed by atoms with van der Waals surface area (Å²) in [5.74, 6) is 0.548. The Morgan fingerprint density at radius 1 is 1.42 bits per heavy atom. The monoisotopic (exact) mass is 323 g/mol. The Morgan fingerprint density at radius 3 is 2.89 bits per heavy atom. The zero-order valence-corrected chi connectivity index (χ0v) is 12.0. The minimum atomic E-state index is -0.286. The second-order valence-electron chi connectivity index (χ2n) is 3.96. The maximum atomic E-state index is 12.0. The number of hydrogen-bond acceptors (Lipinski definition) is 3. The Kier molecular flexibility index (Phi) is 4.76. The molecule has 2 aromatic rings. The summed E-state index contributed by atoms with van der Waals surface area (Å²) in [4.78, 5) is 12.0. The van der Waals surface area contributed by atoms with Gasteiger partial charge in [0.05, 0.1) is 12.8 Å². The minimum Gasteiger partial charge on any atom is -0.467 e. The van der Waals surface area contributed by atoms with Crippen molar-refractivity contribution in [1.82, 2.24) is 5.32 Å². The number of ether oxygens (including phenoxy) is 1. The van der Waals surface area contributed by atoms with Crippen molar-refractivity contribution in [1.29, 1.82) is 0 Å². The van der Waals surface area contributed by atoms with Gasteiger partial charge in [0.15, 0.2) is 0 Å². The van der Waals surface area contributed by atoms with Crippen LogP contribution in [0.1, 0.15) is 22.2 Å². The van der Waals surface area contributed by atoms with Crippen LogP contribution in [-0.4, -0.2) is 19.6 Å². The molecule has 0 fully saturated rings. The van der Waals surface area contributed by atoms with E-state index < -0.39 is 0 Å². The largest absolute Gasteiger partial charge is 0.467 e. The molecular formula is C14H14BrNO3. The normalized spacial score (nSPS) is 12.1. The Morgan fingerprint density at radius 2 is 2.26 bits per heavy atom. The molecule has 1 heterocycles. The van der Waals surface area contributed by atoms with E-state index in [0.717, 1.165) is 4.47 Å². The van der Waals surface area contributed by atoms with E-state index in [-0.39, 0.29) is 12.0 Å². The van der Waals surface area contributed by atoms with Crippen LogP contribution in [0.15, 0.2) is 51.6 Å². The van der Waals surface area contributed by atoms with Gasteiger partial charge in [0, 0.05) is 17.1 Å². The molecule has 1 atom stereocenters. The number of carbonyl (C=O) groups is 1. The molecule has 1 N–H and O–H groups in total. The molecule has 5 heteroatoms. The van der Waals surface area contributed by atoms with E-state index in [1.54, 1.807) is 31.6 Å². The molecule has 1 amide bonds. The molecule has 100 valence electrons. The predicted octanol–water partition coefficient (Wildman–Crippen LogP) is 3.16. The van der Waals surface area contributed by atoms with Gasteiger partial charge in [-0.1, -0.05) is 22.0 Å². The maximum absolute atomic E-state index is 12.0. The smallest absolute Gasteiger partial charge is 0.251 e. The summed E-state index contributed by atoms with van der Waals surface area (Å²) >= 11 is 3.34. The minimum absolute atomic E-state index is 0.144. The Hall–Kier alpha value is -1.59. The van der Waals surface area contributed by atoms with Crippen molar-refractivity contribution in [3.8, 4) is 0 Å². The summed E-state index contributed by atoms with van der Waals surface area (Å²) in [5.41, 5.74) is 0.601. The Bertz CT molecular complexity index is 539. The summed E-state index contributed by atoms with van der Waals surface area (Å²) in [6.45, 7) is 0.357. The molecule has 0 saturated carbocycles. The van der Waals surface area contributed by atoms with E-state index in [9.17, 15) is 4.79 Å². The molecule has 2 rings (SSSR count). The first-order chi connectivity index (χ1) is 9.20. The molecule has 4 nitrogen and oxygen atoms in total. The third-order valence-corrected chi connectivity index (χ3v) is 3.17. The average molecular weight is 324 g/mol. The highest BCUT2D eigenvalue weighted by Crippen LogP contribution is 2.16. The van der Waals surface area contributed by atoms with Gasteiger partial charge in [-0.2, -0.15) is 0 Å². The van der Waals surface area contributed by atoms with Crippen molar-refractivity contribution in [2.24, 2.45) is 0 Å². The van der Waals surface area contributed by atoms with Crippen LogP contribution < -0.4 is 5.32 Å². The highest BCUT2D eigenvalue weighted by molar-refractivity contribution is 9.10. The number of methoxy groups -OCH3 is 1. The van der Waals surface area contributed by atoms with Crippen molar-refractivity contribution < 1.29 is 13.9 Å². The highest BCUT2D eigenvalue weighted by atomic mass is 79.9. The van der Waals surface area contributed by atoms with Gasteiger partial charge in [-0.25, -0.2) is 0 Å². The number of furan rings is 1. The number of rotatable bonds is 5. The maximum Gasteiger partial charge on any atom is 0.251 e. The van der Waals surface area contributed by atoms with E-state index in [1.165, 1.54) is 0 Å². The number of amides is 1. The van der Waals surface area contributed by atoms with Gasteiger partial charge in [-0.3, -0.25) is 4.79 Å². The third-order valence-electron chi connectivity index (χ3n) is 2.68. The Balaban J connectivity index is 1.96. The fourth-order valence-electron chi connectivity index (χ4n) is 1.69. The van der Waals surface area contributed by atoms with E-state index in [2.05, 4.69) is 21.2 Å². The van der Waals surface area contributed by atoms with Crippen molar-refractivity contribution >= 4 is 21.8 Å². The zero-order chi connectivity index (χ0) is 13.7. The van der Waals surface area contributed by atoms with Crippen LogP contribution in [0.5, 0.6) is 0 Å². The second-order valence-corrected chi connectivity index (χ2v) is 4.88. The topological polar surface area (TPSA) is 51.5 Å². The van der Waals surface area contributed by atoms with Crippen LogP contribution in [0.3, 0.4) is 0 Å². The van der Waals surface area contributed by atoms with Gasteiger partial charge in [-0.05, 0) is 30.3 Å². The molecule has 19 heavy (non-hydrogen) atoms. The van der Waals surface area contributed by atoms with Gasteiger partial charge in [0.25, 0.3) is 5.91 Å². The second kappa shape index (κ2) is 6.54. The van der Waals surface area contributed by atoms with Crippen LogP contribution in [-0.2, 0) is 4.74 Å². The molecule has 0 unspecified atom stereocenters. The fraction of sp³-hybridized carbons (Fsp3) is 0.214. The first kappa shape index (κ1) is 13.8. The molecular weight excluding hydrogens is 310 g/mol. The van der Waals surface area contributed by atoms with Crippen molar-refractivity contribution in [2.45, 2.75) is 6.10 Å². The first-order valence-corrected chi connectivity index (χ1v) is 6.60. The molecule has 1 aromatic carbocycles. The molecule has 0 spiro atoms. The van der Waals surface area contributed by atoms with Crippen LogP contribution >= 0.6 is 15.9 Å². The number of nitrogens with one attached hydrogen (secondary N) is 1. The van der Waals surface area contributed by atoms with Gasteiger partial charge in [-0.15, -0.1) is 0 Å². The lowest BCUT2D eigenvalue weighted by Gasteiger charge is -2.13. The summed E-state index contributed by atoms with van der Waals surface area (Å²) in [5, 5.41) is 2.82. The van der Waals surface area contributed by atoms with Gasteiger partial charge >= 0.3 is 0 Å². The SMILES string of the molecule is CO[C@H](CNC(=O)c1cccc(Br)c1)c1ccco1. The summed E-state index contributed by atoms with van der Waals surface area (Å²) in [7, 11) is 1.58. The third kappa shape index (κ3) is 3.68. The highest BCUT2D eigenvalue weighted by Gasteiger charge is 2.15. The lowest BCUT2D eigenvalue weighted by molar-refractivity contribution is 0.0738. The Labute approximate surface area is 119 Å².